The van der Waals surface area contributed by atoms with E-state index in [4.69, 9.17) is 4.74 Å². The molecule has 0 aromatic heterocycles. The van der Waals surface area contributed by atoms with Crippen molar-refractivity contribution in [3.8, 4) is 0 Å². The molecule has 1 atom stereocenters. The van der Waals surface area contributed by atoms with Crippen LogP contribution in [-0.2, 0) is 9.53 Å². The van der Waals surface area contributed by atoms with Crippen LogP contribution in [0.2, 0.25) is 0 Å². The number of nitrogens with zero attached hydrogens (tertiary/aromatic N) is 1. The van der Waals surface area contributed by atoms with Gasteiger partial charge in [-0.05, 0) is 39.8 Å². The van der Waals surface area contributed by atoms with Crippen molar-refractivity contribution < 1.29 is 9.53 Å². The summed E-state index contributed by atoms with van der Waals surface area (Å²) in [6.45, 7) is 6.71. The molecule has 4 heteroatoms. The molecule has 0 aliphatic carbocycles. The van der Waals surface area contributed by atoms with Crippen molar-refractivity contribution in [1.29, 1.82) is 0 Å². The number of piperidine rings is 1. The standard InChI is InChI=1S/C12H20INO2/c1-9(2)14-5-3-12(4-6-14)7-11(15)16-10(12)8-13/h9-10H,3-8H2,1-2H3. The van der Waals surface area contributed by atoms with E-state index in [0.29, 0.717) is 12.5 Å². The number of rotatable bonds is 2. The predicted octanol–water partition coefficient (Wildman–Crippen LogP) is 2.23. The smallest absolute Gasteiger partial charge is 0.306 e. The van der Waals surface area contributed by atoms with E-state index in [9.17, 15) is 4.79 Å². The Morgan fingerprint density at radius 2 is 2.12 bits per heavy atom. The van der Waals surface area contributed by atoms with E-state index < -0.39 is 0 Å². The zero-order chi connectivity index (χ0) is 11.8. The van der Waals surface area contributed by atoms with Gasteiger partial charge in [0.15, 0.2) is 0 Å². The lowest BCUT2D eigenvalue weighted by molar-refractivity contribution is -0.140. The number of cyclic esters (lactones) is 1. The van der Waals surface area contributed by atoms with Crippen molar-refractivity contribution in [3.05, 3.63) is 0 Å². The lowest BCUT2D eigenvalue weighted by Crippen LogP contribution is -2.46. The Morgan fingerprint density at radius 3 is 2.62 bits per heavy atom. The van der Waals surface area contributed by atoms with E-state index in [1.807, 2.05) is 0 Å². The maximum Gasteiger partial charge on any atom is 0.306 e. The third-order valence-corrected chi connectivity index (χ3v) is 4.92. The Kier molecular flexibility index (Phi) is 3.79. The predicted molar refractivity (Wildman–Crippen MR) is 71.8 cm³/mol. The second-order valence-corrected chi connectivity index (χ2v) is 6.18. The first-order chi connectivity index (χ1) is 7.57. The van der Waals surface area contributed by atoms with Gasteiger partial charge in [0.1, 0.15) is 6.10 Å². The zero-order valence-electron chi connectivity index (χ0n) is 10.0. The number of hydrogen-bond donors (Lipinski definition) is 0. The van der Waals surface area contributed by atoms with Gasteiger partial charge in [-0.15, -0.1) is 0 Å². The molecule has 2 aliphatic heterocycles. The highest BCUT2D eigenvalue weighted by Crippen LogP contribution is 2.45. The molecule has 16 heavy (non-hydrogen) atoms. The maximum atomic E-state index is 11.5. The minimum absolute atomic E-state index is 0.0136. The third-order valence-electron chi connectivity index (χ3n) is 4.12. The van der Waals surface area contributed by atoms with Gasteiger partial charge in [-0.25, -0.2) is 0 Å². The number of carbonyl (C=O) groups excluding carboxylic acids is 1. The molecule has 1 spiro atoms. The van der Waals surface area contributed by atoms with Crippen molar-refractivity contribution in [1.82, 2.24) is 4.90 Å². The summed E-state index contributed by atoms with van der Waals surface area (Å²) in [5.41, 5.74) is 0.156. The van der Waals surface area contributed by atoms with Gasteiger partial charge in [-0.1, -0.05) is 22.6 Å². The van der Waals surface area contributed by atoms with Crippen LogP contribution in [0.4, 0.5) is 0 Å². The molecule has 0 radical (unpaired) electrons. The van der Waals surface area contributed by atoms with E-state index >= 15 is 0 Å². The molecule has 0 aromatic carbocycles. The summed E-state index contributed by atoms with van der Waals surface area (Å²) in [5.74, 6) is 0.0136. The highest BCUT2D eigenvalue weighted by molar-refractivity contribution is 14.1. The van der Waals surface area contributed by atoms with Gasteiger partial charge >= 0.3 is 5.97 Å². The summed E-state index contributed by atoms with van der Waals surface area (Å²) >= 11 is 2.34. The molecule has 0 N–H and O–H groups in total. The highest BCUT2D eigenvalue weighted by Gasteiger charge is 2.49. The SMILES string of the molecule is CC(C)N1CCC2(CC1)CC(=O)OC2CI. The molecular formula is C12H20INO2. The van der Waals surface area contributed by atoms with Crippen LogP contribution in [-0.4, -0.2) is 40.5 Å². The highest BCUT2D eigenvalue weighted by atomic mass is 127. The third kappa shape index (κ3) is 2.23. The normalized spacial score (nSPS) is 30.0. The number of halogens is 1. The number of likely N-dealkylation sites (tertiary alicyclic amines) is 1. The fourth-order valence-electron chi connectivity index (χ4n) is 2.91. The molecule has 2 heterocycles. The van der Waals surface area contributed by atoms with Crippen LogP contribution in [0.5, 0.6) is 0 Å². The molecule has 2 fully saturated rings. The molecule has 1 unspecified atom stereocenters. The van der Waals surface area contributed by atoms with E-state index in [2.05, 4.69) is 41.3 Å². The molecule has 0 aromatic rings. The first-order valence-electron chi connectivity index (χ1n) is 6.07. The second-order valence-electron chi connectivity index (χ2n) is 5.30. The molecule has 92 valence electrons. The molecule has 3 nitrogen and oxygen atoms in total. The Labute approximate surface area is 111 Å². The zero-order valence-corrected chi connectivity index (χ0v) is 12.2. The van der Waals surface area contributed by atoms with E-state index in [-0.39, 0.29) is 17.5 Å². The van der Waals surface area contributed by atoms with Crippen LogP contribution >= 0.6 is 22.6 Å². The molecule has 2 rings (SSSR count). The van der Waals surface area contributed by atoms with Gasteiger partial charge in [0.05, 0.1) is 6.42 Å². The summed E-state index contributed by atoms with van der Waals surface area (Å²) in [4.78, 5) is 14.0. The molecule has 0 amide bonds. The van der Waals surface area contributed by atoms with Crippen molar-refractivity contribution in [2.24, 2.45) is 5.41 Å². The fraction of sp³-hybridized carbons (Fsp3) is 0.917. The summed E-state index contributed by atoms with van der Waals surface area (Å²) in [5, 5.41) is 0. The quantitative estimate of drug-likeness (QED) is 0.440. The minimum Gasteiger partial charge on any atom is -0.461 e. The van der Waals surface area contributed by atoms with Gasteiger partial charge in [0.25, 0.3) is 0 Å². The Balaban J connectivity index is 2.03. The number of ether oxygens (including phenoxy) is 1. The Morgan fingerprint density at radius 1 is 1.50 bits per heavy atom. The van der Waals surface area contributed by atoms with E-state index in [0.717, 1.165) is 30.4 Å². The number of esters is 1. The fourth-order valence-corrected chi connectivity index (χ4v) is 4.02. The molecule has 2 saturated heterocycles. The van der Waals surface area contributed by atoms with Crippen LogP contribution in [0, 0.1) is 5.41 Å². The van der Waals surface area contributed by atoms with Crippen molar-refractivity contribution >= 4 is 28.6 Å². The van der Waals surface area contributed by atoms with Gasteiger partial charge < -0.3 is 9.64 Å². The van der Waals surface area contributed by atoms with Crippen LogP contribution in [0.25, 0.3) is 0 Å². The summed E-state index contributed by atoms with van der Waals surface area (Å²) in [6, 6.07) is 0.619. The number of alkyl halides is 1. The first-order valence-corrected chi connectivity index (χ1v) is 7.59. The Bertz CT molecular complexity index is 272. The maximum absolute atomic E-state index is 11.5. The lowest BCUT2D eigenvalue weighted by Gasteiger charge is -2.42. The first kappa shape index (κ1) is 12.6. The summed E-state index contributed by atoms with van der Waals surface area (Å²) in [6.07, 6.45) is 3.04. The summed E-state index contributed by atoms with van der Waals surface area (Å²) < 4.78 is 6.37. The largest absolute Gasteiger partial charge is 0.461 e. The average molecular weight is 337 g/mol. The van der Waals surface area contributed by atoms with Crippen LogP contribution in [0.15, 0.2) is 0 Å². The van der Waals surface area contributed by atoms with Gasteiger partial charge in [-0.2, -0.15) is 0 Å². The molecule has 0 bridgehead atoms. The number of hydrogen-bond acceptors (Lipinski definition) is 3. The van der Waals surface area contributed by atoms with Crippen LogP contribution < -0.4 is 0 Å². The van der Waals surface area contributed by atoms with Crippen molar-refractivity contribution in [2.45, 2.75) is 45.3 Å². The van der Waals surface area contributed by atoms with Crippen LogP contribution in [0.3, 0.4) is 0 Å². The molecule has 2 aliphatic rings. The Hall–Kier alpha value is 0.160. The lowest BCUT2D eigenvalue weighted by atomic mass is 9.73. The second kappa shape index (κ2) is 4.80. The van der Waals surface area contributed by atoms with E-state index in [1.54, 1.807) is 0 Å². The van der Waals surface area contributed by atoms with E-state index in [1.165, 1.54) is 0 Å². The van der Waals surface area contributed by atoms with Crippen LogP contribution in [0.1, 0.15) is 33.1 Å². The van der Waals surface area contributed by atoms with Crippen molar-refractivity contribution in [2.75, 3.05) is 17.5 Å². The number of carbonyl (C=O) groups is 1. The minimum atomic E-state index is 0.0136. The molecule has 0 saturated carbocycles. The molecular weight excluding hydrogens is 317 g/mol. The van der Waals surface area contributed by atoms with Gasteiger partial charge in [0, 0.05) is 15.9 Å². The van der Waals surface area contributed by atoms with Crippen molar-refractivity contribution in [3.63, 3.8) is 0 Å². The topological polar surface area (TPSA) is 29.5 Å². The summed E-state index contributed by atoms with van der Waals surface area (Å²) in [7, 11) is 0. The average Bonchev–Trinajstić information content (AvgIpc) is 2.55. The van der Waals surface area contributed by atoms with Gasteiger partial charge in [0.2, 0.25) is 0 Å². The van der Waals surface area contributed by atoms with Gasteiger partial charge in [-0.3, -0.25) is 4.79 Å². The monoisotopic (exact) mass is 337 g/mol.